The van der Waals surface area contributed by atoms with Crippen molar-refractivity contribution in [1.29, 1.82) is 0 Å². The molecule has 0 heterocycles. The minimum Gasteiger partial charge on any atom is -0.870 e. The van der Waals surface area contributed by atoms with Gasteiger partial charge in [-0.15, -0.1) is 0 Å². The van der Waals surface area contributed by atoms with Gasteiger partial charge in [-0.05, 0) is 0 Å². The Labute approximate surface area is 53.5 Å². The fourth-order valence-electron chi connectivity index (χ4n) is 0. The molecule has 0 spiro atoms. The molecule has 0 bridgehead atoms. The van der Waals surface area contributed by atoms with Crippen LogP contribution < -0.4 is 0 Å². The predicted molar refractivity (Wildman–Crippen MR) is 9.63 cm³/mol. The van der Waals surface area contributed by atoms with Gasteiger partial charge in [0, 0.05) is 19.5 Å². The van der Waals surface area contributed by atoms with Gasteiger partial charge in [0.2, 0.25) is 0 Å². The first-order chi connectivity index (χ1) is 0. The van der Waals surface area contributed by atoms with Gasteiger partial charge < -0.3 is 11.0 Å². The van der Waals surface area contributed by atoms with Gasteiger partial charge in [0.05, 0.1) is 0 Å². The van der Waals surface area contributed by atoms with Crippen molar-refractivity contribution in [2.45, 2.75) is 0 Å². The monoisotopic (exact) mass is 122 g/mol. The molecule has 0 aromatic carbocycles. The molecule has 0 rings (SSSR count). The summed E-state index contributed by atoms with van der Waals surface area (Å²) >= 11 is 0. The zero-order chi connectivity index (χ0) is 0. The molecule has 0 saturated heterocycles. The summed E-state index contributed by atoms with van der Waals surface area (Å²) in [6.45, 7) is 0. The van der Waals surface area contributed by atoms with Crippen LogP contribution in [0.2, 0.25) is 0 Å². The van der Waals surface area contributed by atoms with E-state index in [9.17, 15) is 0 Å². The summed E-state index contributed by atoms with van der Waals surface area (Å²) in [6, 6.07) is 0. The summed E-state index contributed by atoms with van der Waals surface area (Å²) < 4.78 is 0. The summed E-state index contributed by atoms with van der Waals surface area (Å²) in [6.07, 6.45) is 0. The van der Waals surface area contributed by atoms with Crippen LogP contribution in [-0.2, 0) is 19.5 Å². The van der Waals surface area contributed by atoms with Crippen LogP contribution in [0, 0.1) is 0 Å². The molecule has 0 atom stereocenters. The van der Waals surface area contributed by atoms with Crippen LogP contribution in [0.25, 0.3) is 0 Å². The molecule has 4 heavy (non-hydrogen) atoms. The van der Waals surface area contributed by atoms with Crippen LogP contribution in [0.3, 0.4) is 0 Å². The van der Waals surface area contributed by atoms with E-state index in [1.54, 1.807) is 0 Å². The van der Waals surface area contributed by atoms with Gasteiger partial charge in [-0.2, -0.15) is 0 Å². The maximum atomic E-state index is 0. The normalized spacial score (nSPS) is 0. The Morgan fingerprint density at radius 3 is 0.750 bits per heavy atom. The molecule has 0 aliphatic heterocycles. The van der Waals surface area contributed by atoms with Gasteiger partial charge >= 0.3 is 23.1 Å². The molecular weight excluding hydrogens is 122 g/mol. The van der Waals surface area contributed by atoms with E-state index in [0.717, 1.165) is 0 Å². The fraction of sp³-hybridized carbons (Fsp3) is 0. The van der Waals surface area contributed by atoms with Crippen molar-refractivity contribution in [3.8, 4) is 0 Å². The quantitative estimate of drug-likeness (QED) is 0.399. The summed E-state index contributed by atoms with van der Waals surface area (Å²) in [5.74, 6) is 0. The maximum Gasteiger partial charge on any atom is 2.00 e. The van der Waals surface area contributed by atoms with Gasteiger partial charge in [0.15, 0.2) is 0 Å². The van der Waals surface area contributed by atoms with Crippen molar-refractivity contribution in [2.75, 3.05) is 0 Å². The second-order valence-corrected chi connectivity index (χ2v) is 0. The predicted octanol–water partition coefficient (Wildman–Crippen LogP) is -0.737. The zero-order valence-electron chi connectivity index (χ0n) is 2.31. The van der Waals surface area contributed by atoms with Gasteiger partial charge in [-0.3, -0.25) is 0 Å². The molecule has 4 heteroatoms. The minimum absolute atomic E-state index is 0. The first kappa shape index (κ1) is 57.5. The number of hydrogen-bond acceptors (Lipinski definition) is 2. The first-order valence-corrected chi connectivity index (χ1v) is 0. The van der Waals surface area contributed by atoms with Crippen molar-refractivity contribution in [2.24, 2.45) is 0 Å². The Bertz CT molecular complexity index is 6.00. The third-order valence-electron chi connectivity index (χ3n) is 0. The molecular formula is H2MgO2Zn. The first-order valence-electron chi connectivity index (χ1n) is 0. The third-order valence-corrected chi connectivity index (χ3v) is 0. The van der Waals surface area contributed by atoms with E-state index in [0.29, 0.717) is 0 Å². The van der Waals surface area contributed by atoms with Crippen molar-refractivity contribution in [1.82, 2.24) is 0 Å². The van der Waals surface area contributed by atoms with Crippen LogP contribution in [-0.4, -0.2) is 34.0 Å². The molecule has 0 amide bonds. The van der Waals surface area contributed by atoms with E-state index in [4.69, 9.17) is 0 Å². The van der Waals surface area contributed by atoms with Crippen molar-refractivity contribution >= 4 is 23.1 Å². The zero-order valence-corrected chi connectivity index (χ0v) is 6.69. The average molecular weight is 124 g/mol. The van der Waals surface area contributed by atoms with Crippen molar-refractivity contribution in [3.63, 3.8) is 0 Å². The van der Waals surface area contributed by atoms with Gasteiger partial charge in [0.1, 0.15) is 0 Å². The smallest absolute Gasteiger partial charge is 0.870 e. The molecule has 2 nitrogen and oxygen atoms in total. The molecule has 0 aliphatic carbocycles. The Morgan fingerprint density at radius 1 is 0.750 bits per heavy atom. The summed E-state index contributed by atoms with van der Waals surface area (Å²) in [7, 11) is 0. The van der Waals surface area contributed by atoms with Gasteiger partial charge in [0.25, 0.3) is 0 Å². The molecule has 0 aromatic heterocycles. The minimum atomic E-state index is 0. The van der Waals surface area contributed by atoms with E-state index in [-0.39, 0.29) is 53.5 Å². The van der Waals surface area contributed by atoms with E-state index in [1.807, 2.05) is 0 Å². The van der Waals surface area contributed by atoms with Crippen molar-refractivity contribution in [3.05, 3.63) is 0 Å². The number of rotatable bonds is 0. The molecule has 18 valence electrons. The molecule has 0 aliphatic rings. The SMILES string of the molecule is [Mg+2].[OH-].[OH-].[Zn]. The van der Waals surface area contributed by atoms with Crippen LogP contribution in [0.5, 0.6) is 0 Å². The summed E-state index contributed by atoms with van der Waals surface area (Å²) in [5.41, 5.74) is 0. The molecule has 0 saturated carbocycles. The standard InChI is InChI=1S/Mg.2H2O.Zn/h;2*1H2;/q+2;;;/p-2. The average Bonchev–Trinajstić information content (AvgIpc) is 0. The molecule has 0 unspecified atom stereocenters. The van der Waals surface area contributed by atoms with E-state index < -0.39 is 0 Å². The van der Waals surface area contributed by atoms with Crippen LogP contribution in [0.15, 0.2) is 0 Å². The van der Waals surface area contributed by atoms with Crippen molar-refractivity contribution < 1.29 is 30.4 Å². The fourth-order valence-corrected chi connectivity index (χ4v) is 0. The van der Waals surface area contributed by atoms with Gasteiger partial charge in [-0.25, -0.2) is 0 Å². The maximum absolute atomic E-state index is 0. The Kier molecular flexibility index (Phi) is 396. The second kappa shape index (κ2) is 27.5. The number of hydrogen-bond donors (Lipinski definition) is 0. The Hall–Kier alpha value is 1.31. The third kappa shape index (κ3) is 10.3. The molecule has 0 radical (unpaired) electrons. The molecule has 0 fully saturated rings. The van der Waals surface area contributed by atoms with E-state index >= 15 is 0 Å². The molecule has 0 aromatic rings. The second-order valence-electron chi connectivity index (χ2n) is 0. The largest absolute Gasteiger partial charge is 2.00 e. The topological polar surface area (TPSA) is 60.0 Å². The molecule has 2 N–H and O–H groups in total. The van der Waals surface area contributed by atoms with Crippen LogP contribution >= 0.6 is 0 Å². The Morgan fingerprint density at radius 2 is 0.750 bits per heavy atom. The van der Waals surface area contributed by atoms with E-state index in [1.165, 1.54) is 0 Å². The Balaban J connectivity index is 0. The summed E-state index contributed by atoms with van der Waals surface area (Å²) in [4.78, 5) is 0. The van der Waals surface area contributed by atoms with Crippen LogP contribution in [0.1, 0.15) is 0 Å². The van der Waals surface area contributed by atoms with Crippen LogP contribution in [0.4, 0.5) is 0 Å². The van der Waals surface area contributed by atoms with Gasteiger partial charge in [-0.1, -0.05) is 0 Å². The summed E-state index contributed by atoms with van der Waals surface area (Å²) in [5, 5.41) is 0. The van der Waals surface area contributed by atoms with E-state index in [2.05, 4.69) is 0 Å².